The average Bonchev–Trinajstić information content (AvgIpc) is 3.07. The van der Waals surface area contributed by atoms with Gasteiger partial charge in [0.25, 0.3) is 5.91 Å². The molecule has 3 rings (SSSR count). The van der Waals surface area contributed by atoms with Crippen molar-refractivity contribution >= 4 is 29.0 Å². The molecule has 0 saturated carbocycles. The molecule has 1 N–H and O–H groups in total. The zero-order valence-corrected chi connectivity index (χ0v) is 15.1. The van der Waals surface area contributed by atoms with Crippen LogP contribution in [0.4, 0.5) is 24.7 Å². The maximum atomic E-state index is 13.4. The summed E-state index contributed by atoms with van der Waals surface area (Å²) >= 11 is 4.69. The zero-order chi connectivity index (χ0) is 20.3. The molecule has 1 saturated heterocycles. The molecule has 28 heavy (non-hydrogen) atoms. The molecule has 1 aliphatic rings. The van der Waals surface area contributed by atoms with E-state index in [0.29, 0.717) is 24.5 Å². The normalized spacial score (nSPS) is 16.5. The molecular weight excluding hydrogens is 397 g/mol. The predicted molar refractivity (Wildman–Crippen MR) is 96.5 cm³/mol. The highest BCUT2D eigenvalue weighted by Crippen LogP contribution is 2.27. The number of carbonyl (C=O) groups is 1. The van der Waals surface area contributed by atoms with Crippen LogP contribution in [0.2, 0.25) is 0 Å². The lowest BCUT2D eigenvalue weighted by Crippen LogP contribution is -2.23. The summed E-state index contributed by atoms with van der Waals surface area (Å²) in [5, 5.41) is 11.9. The number of anilines is 2. The highest BCUT2D eigenvalue weighted by molar-refractivity contribution is 6.20. The van der Waals surface area contributed by atoms with Crippen molar-refractivity contribution in [2.24, 2.45) is 0 Å². The highest BCUT2D eigenvalue weighted by Gasteiger charge is 2.27. The lowest BCUT2D eigenvalue weighted by Gasteiger charge is -2.18. The average molecular weight is 411 g/mol. The number of hydrogen-bond acceptors (Lipinski definition) is 5. The van der Waals surface area contributed by atoms with Crippen LogP contribution in [0.25, 0.3) is 0 Å². The van der Waals surface area contributed by atoms with Crippen LogP contribution in [0.15, 0.2) is 36.5 Å². The topological polar surface area (TPSA) is 78.2 Å². The van der Waals surface area contributed by atoms with Crippen molar-refractivity contribution in [3.63, 3.8) is 0 Å². The summed E-state index contributed by atoms with van der Waals surface area (Å²) in [6.07, 6.45) is 0.689. The van der Waals surface area contributed by atoms with E-state index in [1.807, 2.05) is 6.07 Å². The van der Waals surface area contributed by atoms with Crippen LogP contribution in [0.3, 0.4) is 0 Å². The molecule has 10 heteroatoms. The number of rotatable bonds is 5. The van der Waals surface area contributed by atoms with Crippen molar-refractivity contribution < 1.29 is 22.7 Å². The van der Waals surface area contributed by atoms with Gasteiger partial charge in [-0.3, -0.25) is 4.79 Å². The molecule has 0 bridgehead atoms. The lowest BCUT2D eigenvalue weighted by molar-refractivity contribution is -0.0964. The van der Waals surface area contributed by atoms with Gasteiger partial charge < -0.3 is 15.0 Å². The fraction of sp³-hybridized carbons (Fsp3) is 0.278. The van der Waals surface area contributed by atoms with Gasteiger partial charge in [-0.15, -0.1) is 8.78 Å². The van der Waals surface area contributed by atoms with Gasteiger partial charge in [0.1, 0.15) is 23.8 Å². The fourth-order valence-corrected chi connectivity index (χ4v) is 2.86. The van der Waals surface area contributed by atoms with Gasteiger partial charge in [0, 0.05) is 30.0 Å². The van der Waals surface area contributed by atoms with Crippen molar-refractivity contribution in [2.45, 2.75) is 18.2 Å². The second kappa shape index (κ2) is 7.94. The maximum Gasteiger partial charge on any atom is 0.487 e. The number of hydrogen-bond donors (Lipinski definition) is 1. The van der Waals surface area contributed by atoms with E-state index < -0.39 is 17.6 Å². The molecule has 2 heterocycles. The van der Waals surface area contributed by atoms with Crippen LogP contribution < -0.4 is 15.0 Å². The van der Waals surface area contributed by atoms with Gasteiger partial charge in [0.2, 0.25) is 0 Å². The van der Waals surface area contributed by atoms with Crippen LogP contribution in [0.5, 0.6) is 5.75 Å². The number of carbonyl (C=O) groups excluding carboxylic acids is 1. The first-order valence-electron chi connectivity index (χ1n) is 8.21. The minimum atomic E-state index is -3.83. The summed E-state index contributed by atoms with van der Waals surface area (Å²) in [6, 6.07) is 8.48. The van der Waals surface area contributed by atoms with Crippen LogP contribution >= 0.6 is 11.6 Å². The minimum absolute atomic E-state index is 0.129. The Morgan fingerprint density at radius 2 is 2.11 bits per heavy atom. The second-order valence-electron chi connectivity index (χ2n) is 6.07. The first-order chi connectivity index (χ1) is 13.2. The zero-order valence-electron chi connectivity index (χ0n) is 14.3. The Labute approximate surface area is 163 Å². The quantitative estimate of drug-likeness (QED) is 0.756. The number of aromatic nitrogens is 1. The van der Waals surface area contributed by atoms with Gasteiger partial charge in [-0.2, -0.15) is 5.26 Å². The summed E-state index contributed by atoms with van der Waals surface area (Å²) in [6.45, 7) is 0.604. The van der Waals surface area contributed by atoms with Gasteiger partial charge in [-0.05, 0) is 36.8 Å². The number of amides is 1. The first kappa shape index (κ1) is 19.8. The number of alkyl halides is 4. The van der Waals surface area contributed by atoms with E-state index >= 15 is 0 Å². The molecule has 1 fully saturated rings. The van der Waals surface area contributed by atoms with E-state index in [0.717, 1.165) is 0 Å². The summed E-state index contributed by atoms with van der Waals surface area (Å²) < 4.78 is 42.8. The van der Waals surface area contributed by atoms with E-state index in [4.69, 9.17) is 0 Å². The van der Waals surface area contributed by atoms with E-state index in [-0.39, 0.29) is 23.4 Å². The van der Waals surface area contributed by atoms with Crippen LogP contribution in [-0.4, -0.2) is 35.7 Å². The van der Waals surface area contributed by atoms with E-state index in [1.165, 1.54) is 36.5 Å². The number of pyridine rings is 1. The Balaban J connectivity index is 1.71. The Bertz CT molecular complexity index is 913. The molecule has 1 aromatic heterocycles. The number of ether oxygens (including phenoxy) is 1. The number of benzene rings is 1. The fourth-order valence-electron chi connectivity index (χ4n) is 2.77. The van der Waals surface area contributed by atoms with Crippen molar-refractivity contribution in [3.05, 3.63) is 47.7 Å². The summed E-state index contributed by atoms with van der Waals surface area (Å²) in [4.78, 5) is 18.2. The SMILES string of the molecule is N#Cc1cc(C(=O)Nc2ccc(OC(F)(F)Cl)cc2)cnc1N1CC[C@@H](F)C1. The van der Waals surface area contributed by atoms with Crippen molar-refractivity contribution in [1.29, 1.82) is 5.26 Å². The second-order valence-corrected chi connectivity index (χ2v) is 6.51. The molecule has 0 unspecified atom stereocenters. The molecular formula is C18H14ClF3N4O2. The molecule has 6 nitrogen and oxygen atoms in total. The molecule has 1 atom stereocenters. The molecule has 2 aromatic rings. The van der Waals surface area contributed by atoms with Gasteiger partial charge in [-0.25, -0.2) is 9.37 Å². The number of nitriles is 1. The maximum absolute atomic E-state index is 13.4. The molecule has 1 aliphatic heterocycles. The van der Waals surface area contributed by atoms with Crippen LogP contribution in [-0.2, 0) is 0 Å². The van der Waals surface area contributed by atoms with Crippen LogP contribution in [0.1, 0.15) is 22.3 Å². The summed E-state index contributed by atoms with van der Waals surface area (Å²) in [7, 11) is 0. The first-order valence-corrected chi connectivity index (χ1v) is 8.59. The Hall–Kier alpha value is -2.99. The molecule has 0 radical (unpaired) electrons. The van der Waals surface area contributed by atoms with Crippen molar-refractivity contribution in [3.8, 4) is 11.8 Å². The Morgan fingerprint density at radius 3 is 2.68 bits per heavy atom. The molecule has 0 aliphatic carbocycles. The standard InChI is InChI=1S/C18H14ClF3N4O2/c19-18(21,22)28-15-3-1-14(2-4-15)25-17(27)12-7-11(8-23)16(24-9-12)26-6-5-13(20)10-26/h1-4,7,9,13H,5-6,10H2,(H,25,27)/t13-/m1/s1. The highest BCUT2D eigenvalue weighted by atomic mass is 35.5. The molecule has 0 spiro atoms. The third kappa shape index (κ3) is 4.84. The van der Waals surface area contributed by atoms with E-state index in [1.54, 1.807) is 4.90 Å². The number of halogens is 4. The molecule has 1 aromatic carbocycles. The Kier molecular flexibility index (Phi) is 5.61. The van der Waals surface area contributed by atoms with Crippen molar-refractivity contribution in [1.82, 2.24) is 4.98 Å². The summed E-state index contributed by atoms with van der Waals surface area (Å²) in [5.41, 5.74) is -3.22. The smallest absolute Gasteiger partial charge is 0.420 e. The van der Waals surface area contributed by atoms with Gasteiger partial charge in [-0.1, -0.05) is 0 Å². The third-order valence-electron chi connectivity index (χ3n) is 4.03. The van der Waals surface area contributed by atoms with Crippen LogP contribution in [0, 0.1) is 11.3 Å². The van der Waals surface area contributed by atoms with E-state index in [9.17, 15) is 23.2 Å². The number of nitrogens with zero attached hydrogens (tertiary/aromatic N) is 3. The monoisotopic (exact) mass is 410 g/mol. The predicted octanol–water partition coefficient (Wildman–Crippen LogP) is 3.92. The lowest BCUT2D eigenvalue weighted by atomic mass is 10.1. The summed E-state index contributed by atoms with van der Waals surface area (Å²) in [5.74, 6) is -0.382. The van der Waals surface area contributed by atoms with Crippen molar-refractivity contribution in [2.75, 3.05) is 23.3 Å². The van der Waals surface area contributed by atoms with Gasteiger partial charge in [0.15, 0.2) is 0 Å². The third-order valence-corrected chi connectivity index (χ3v) is 4.10. The number of nitrogens with one attached hydrogen (secondary N) is 1. The Morgan fingerprint density at radius 1 is 1.39 bits per heavy atom. The molecule has 1 amide bonds. The van der Waals surface area contributed by atoms with Gasteiger partial charge >= 0.3 is 5.57 Å². The molecule has 146 valence electrons. The largest absolute Gasteiger partial charge is 0.487 e. The van der Waals surface area contributed by atoms with E-state index in [2.05, 4.69) is 26.6 Å². The van der Waals surface area contributed by atoms with Gasteiger partial charge in [0.05, 0.1) is 17.7 Å². The minimum Gasteiger partial charge on any atom is -0.420 e.